The standard InChI is InChI=1S/C26H25BrClN3O6/c1-4-36-23-12-16(14-29-31-26(33)17-5-10-21(34-2)22(13-17)35-3)11-20(27)25(23)37-15-24(32)30-19-8-6-18(28)7-9-19/h5-14H,4,15H2,1-3H3,(H,30,32)(H,31,33)/b29-14+. The molecule has 0 heterocycles. The summed E-state index contributed by atoms with van der Waals surface area (Å²) in [4.78, 5) is 24.8. The first-order chi connectivity index (χ1) is 17.8. The van der Waals surface area contributed by atoms with Crippen molar-refractivity contribution in [2.24, 2.45) is 5.10 Å². The molecule has 9 nitrogen and oxygen atoms in total. The quantitative estimate of drug-likeness (QED) is 0.232. The van der Waals surface area contributed by atoms with E-state index < -0.39 is 5.91 Å². The highest BCUT2D eigenvalue weighted by atomic mass is 79.9. The molecule has 0 unspecified atom stereocenters. The van der Waals surface area contributed by atoms with Crippen LogP contribution in [0, 0.1) is 0 Å². The van der Waals surface area contributed by atoms with Gasteiger partial charge in [0.15, 0.2) is 29.6 Å². The van der Waals surface area contributed by atoms with Crippen LogP contribution in [-0.2, 0) is 4.79 Å². The lowest BCUT2D eigenvalue weighted by Crippen LogP contribution is -2.20. The van der Waals surface area contributed by atoms with E-state index in [4.69, 9.17) is 30.5 Å². The van der Waals surface area contributed by atoms with E-state index in [1.807, 2.05) is 6.92 Å². The third kappa shape index (κ3) is 7.86. The van der Waals surface area contributed by atoms with Gasteiger partial charge >= 0.3 is 0 Å². The van der Waals surface area contributed by atoms with Crippen molar-refractivity contribution in [3.63, 3.8) is 0 Å². The monoisotopic (exact) mass is 589 g/mol. The van der Waals surface area contributed by atoms with Crippen LogP contribution in [0.15, 0.2) is 64.2 Å². The molecule has 0 radical (unpaired) electrons. The Labute approximate surface area is 227 Å². The Bertz CT molecular complexity index is 1280. The third-order valence-corrected chi connectivity index (χ3v) is 5.67. The van der Waals surface area contributed by atoms with E-state index in [2.05, 4.69) is 31.8 Å². The van der Waals surface area contributed by atoms with Crippen molar-refractivity contribution in [3.8, 4) is 23.0 Å². The first-order valence-electron chi connectivity index (χ1n) is 11.0. The van der Waals surface area contributed by atoms with Gasteiger partial charge < -0.3 is 24.3 Å². The van der Waals surface area contributed by atoms with Crippen molar-refractivity contribution in [2.75, 3.05) is 32.8 Å². The second kappa shape index (κ2) is 13.5. The maximum absolute atomic E-state index is 12.5. The maximum Gasteiger partial charge on any atom is 0.271 e. The molecule has 0 saturated carbocycles. The highest BCUT2D eigenvalue weighted by molar-refractivity contribution is 9.10. The molecule has 3 rings (SSSR count). The number of hydrogen-bond donors (Lipinski definition) is 2. The topological polar surface area (TPSA) is 107 Å². The lowest BCUT2D eigenvalue weighted by atomic mass is 10.2. The number of amides is 2. The second-order valence-electron chi connectivity index (χ2n) is 7.38. The summed E-state index contributed by atoms with van der Waals surface area (Å²) in [5, 5.41) is 7.33. The lowest BCUT2D eigenvalue weighted by molar-refractivity contribution is -0.118. The molecule has 0 fully saturated rings. The molecule has 11 heteroatoms. The van der Waals surface area contributed by atoms with Crippen LogP contribution in [0.1, 0.15) is 22.8 Å². The van der Waals surface area contributed by atoms with Gasteiger partial charge in [0.2, 0.25) is 0 Å². The maximum atomic E-state index is 12.5. The van der Waals surface area contributed by atoms with E-state index in [0.29, 0.717) is 55.9 Å². The van der Waals surface area contributed by atoms with Crippen molar-refractivity contribution in [2.45, 2.75) is 6.92 Å². The van der Waals surface area contributed by atoms with Crippen LogP contribution in [0.4, 0.5) is 5.69 Å². The smallest absolute Gasteiger partial charge is 0.271 e. The zero-order valence-electron chi connectivity index (χ0n) is 20.3. The lowest BCUT2D eigenvalue weighted by Gasteiger charge is -2.14. The average Bonchev–Trinajstić information content (AvgIpc) is 2.89. The molecule has 2 amide bonds. The molecule has 194 valence electrons. The average molecular weight is 591 g/mol. The number of carbonyl (C=O) groups is 2. The molecule has 0 bridgehead atoms. The van der Waals surface area contributed by atoms with Gasteiger partial charge in [-0.15, -0.1) is 0 Å². The molecular formula is C26H25BrClN3O6. The first kappa shape index (κ1) is 27.8. The normalized spacial score (nSPS) is 10.6. The molecule has 0 aliphatic rings. The Morgan fingerprint density at radius 3 is 2.38 bits per heavy atom. The van der Waals surface area contributed by atoms with Gasteiger partial charge in [-0.25, -0.2) is 5.43 Å². The third-order valence-electron chi connectivity index (χ3n) is 4.83. The van der Waals surface area contributed by atoms with Gasteiger partial charge in [-0.2, -0.15) is 5.10 Å². The molecule has 0 saturated heterocycles. The minimum Gasteiger partial charge on any atom is -0.493 e. The number of nitrogens with one attached hydrogen (secondary N) is 2. The Hall–Kier alpha value is -3.76. The predicted molar refractivity (Wildman–Crippen MR) is 145 cm³/mol. The number of hydrazone groups is 1. The number of rotatable bonds is 11. The Kier molecular flexibility index (Phi) is 10.2. The van der Waals surface area contributed by atoms with Gasteiger partial charge in [0.05, 0.1) is 31.5 Å². The summed E-state index contributed by atoms with van der Waals surface area (Å²) in [6, 6.07) is 15.0. The molecule has 0 atom stereocenters. The number of methoxy groups -OCH3 is 2. The summed E-state index contributed by atoms with van der Waals surface area (Å²) in [5.74, 6) is 0.944. The van der Waals surface area contributed by atoms with Crippen molar-refractivity contribution in [1.29, 1.82) is 0 Å². The van der Waals surface area contributed by atoms with E-state index in [0.717, 1.165) is 0 Å². The van der Waals surface area contributed by atoms with Gasteiger partial charge in [0, 0.05) is 16.3 Å². The summed E-state index contributed by atoms with van der Waals surface area (Å²) >= 11 is 9.32. The minimum absolute atomic E-state index is 0.240. The van der Waals surface area contributed by atoms with E-state index in [1.165, 1.54) is 20.4 Å². The van der Waals surface area contributed by atoms with Crippen LogP contribution in [0.5, 0.6) is 23.0 Å². The highest BCUT2D eigenvalue weighted by Crippen LogP contribution is 2.36. The van der Waals surface area contributed by atoms with E-state index in [9.17, 15) is 9.59 Å². The van der Waals surface area contributed by atoms with Crippen LogP contribution in [-0.4, -0.2) is 45.5 Å². The predicted octanol–water partition coefficient (Wildman–Crippen LogP) is 5.30. The van der Waals surface area contributed by atoms with Gasteiger partial charge in [-0.1, -0.05) is 11.6 Å². The summed E-state index contributed by atoms with van der Waals surface area (Å²) < 4.78 is 22.4. The Balaban J connectivity index is 1.66. The number of ether oxygens (including phenoxy) is 4. The summed E-state index contributed by atoms with van der Waals surface area (Å²) in [5.41, 5.74) is 4.05. The zero-order chi connectivity index (χ0) is 26.8. The Morgan fingerprint density at radius 2 is 1.70 bits per heavy atom. The fourth-order valence-electron chi connectivity index (χ4n) is 3.14. The molecule has 0 aromatic heterocycles. The molecule has 0 spiro atoms. The molecule has 37 heavy (non-hydrogen) atoms. The summed E-state index contributed by atoms with van der Waals surface area (Å²) in [6.07, 6.45) is 1.46. The van der Waals surface area contributed by atoms with Crippen LogP contribution in [0.2, 0.25) is 5.02 Å². The molecule has 3 aromatic carbocycles. The number of hydrogen-bond acceptors (Lipinski definition) is 7. The van der Waals surface area contributed by atoms with Crippen LogP contribution >= 0.6 is 27.5 Å². The molecule has 3 aromatic rings. The number of anilines is 1. The van der Waals surface area contributed by atoms with Crippen molar-refractivity contribution < 1.29 is 28.5 Å². The highest BCUT2D eigenvalue weighted by Gasteiger charge is 2.15. The number of benzene rings is 3. The fourth-order valence-corrected chi connectivity index (χ4v) is 3.84. The zero-order valence-corrected chi connectivity index (χ0v) is 22.7. The van der Waals surface area contributed by atoms with Crippen LogP contribution in [0.25, 0.3) is 0 Å². The SMILES string of the molecule is CCOc1cc(/C=N/NC(=O)c2ccc(OC)c(OC)c2)cc(Br)c1OCC(=O)Nc1ccc(Cl)cc1. The van der Waals surface area contributed by atoms with Gasteiger partial charge in [0.1, 0.15) is 0 Å². The number of nitrogens with zero attached hydrogens (tertiary/aromatic N) is 1. The molecule has 0 aliphatic heterocycles. The van der Waals surface area contributed by atoms with E-state index in [1.54, 1.807) is 54.6 Å². The van der Waals surface area contributed by atoms with Gasteiger partial charge in [0.25, 0.3) is 11.8 Å². The minimum atomic E-state index is -0.423. The van der Waals surface area contributed by atoms with Crippen molar-refractivity contribution >= 4 is 51.2 Å². The number of halogens is 2. The molecule has 0 aliphatic carbocycles. The van der Waals surface area contributed by atoms with Gasteiger partial charge in [-0.05, 0) is 83.0 Å². The van der Waals surface area contributed by atoms with Gasteiger partial charge in [-0.3, -0.25) is 9.59 Å². The first-order valence-corrected chi connectivity index (χ1v) is 12.2. The van der Waals surface area contributed by atoms with Crippen LogP contribution in [0.3, 0.4) is 0 Å². The summed E-state index contributed by atoms with van der Waals surface area (Å²) in [6.45, 7) is 1.96. The molecular weight excluding hydrogens is 566 g/mol. The van der Waals surface area contributed by atoms with Crippen LogP contribution < -0.4 is 29.7 Å². The summed E-state index contributed by atoms with van der Waals surface area (Å²) in [7, 11) is 3.01. The molecule has 2 N–H and O–H groups in total. The number of carbonyl (C=O) groups excluding carboxylic acids is 2. The van der Waals surface area contributed by atoms with E-state index >= 15 is 0 Å². The second-order valence-corrected chi connectivity index (χ2v) is 8.67. The largest absolute Gasteiger partial charge is 0.493 e. The van der Waals surface area contributed by atoms with Crippen molar-refractivity contribution in [3.05, 3.63) is 75.2 Å². The van der Waals surface area contributed by atoms with E-state index in [-0.39, 0.29) is 12.5 Å². The van der Waals surface area contributed by atoms with Crippen molar-refractivity contribution in [1.82, 2.24) is 5.43 Å². The Morgan fingerprint density at radius 1 is 0.973 bits per heavy atom. The fraction of sp³-hybridized carbons (Fsp3) is 0.192.